The predicted octanol–water partition coefficient (Wildman–Crippen LogP) is 3.41. The third kappa shape index (κ3) is 3.64. The molecular formula is C16H23N3S. The van der Waals surface area contributed by atoms with Crippen molar-refractivity contribution in [3.05, 3.63) is 45.9 Å². The average Bonchev–Trinajstić information content (AvgIpc) is 2.94. The molecule has 1 N–H and O–H groups in total. The summed E-state index contributed by atoms with van der Waals surface area (Å²) in [5.41, 5.74) is 1.22. The molecule has 20 heavy (non-hydrogen) atoms. The van der Waals surface area contributed by atoms with Crippen LogP contribution in [0.15, 0.2) is 30.3 Å². The lowest BCUT2D eigenvalue weighted by atomic mass is 9.85. The molecule has 0 aliphatic carbocycles. The van der Waals surface area contributed by atoms with Gasteiger partial charge >= 0.3 is 0 Å². The van der Waals surface area contributed by atoms with Crippen LogP contribution < -0.4 is 5.32 Å². The zero-order chi connectivity index (χ0) is 14.4. The molecule has 0 saturated heterocycles. The van der Waals surface area contributed by atoms with E-state index in [0.29, 0.717) is 0 Å². The average molecular weight is 289 g/mol. The molecule has 0 atom stereocenters. The number of hydrogen-bond donors (Lipinski definition) is 1. The summed E-state index contributed by atoms with van der Waals surface area (Å²) in [4.78, 5) is 0. The summed E-state index contributed by atoms with van der Waals surface area (Å²) < 4.78 is 0. The lowest BCUT2D eigenvalue weighted by molar-refractivity contribution is 0.624. The normalized spacial score (nSPS) is 11.8. The number of aryl methyl sites for hydroxylation is 1. The van der Waals surface area contributed by atoms with Gasteiger partial charge in [-0.2, -0.15) is 0 Å². The maximum atomic E-state index is 4.41. The second kappa shape index (κ2) is 6.95. The fourth-order valence-corrected chi connectivity index (χ4v) is 3.13. The van der Waals surface area contributed by atoms with Gasteiger partial charge in [0.2, 0.25) is 0 Å². The maximum absolute atomic E-state index is 4.41. The zero-order valence-electron chi connectivity index (χ0n) is 12.5. The van der Waals surface area contributed by atoms with E-state index in [1.54, 1.807) is 11.3 Å². The first-order valence-electron chi connectivity index (χ1n) is 7.23. The highest BCUT2D eigenvalue weighted by molar-refractivity contribution is 7.11. The molecule has 0 aliphatic heterocycles. The van der Waals surface area contributed by atoms with Gasteiger partial charge in [0.25, 0.3) is 0 Å². The summed E-state index contributed by atoms with van der Waals surface area (Å²) in [5.74, 6) is 0. The zero-order valence-corrected chi connectivity index (χ0v) is 13.3. The molecule has 0 spiro atoms. The minimum absolute atomic E-state index is 0.0706. The van der Waals surface area contributed by atoms with Crippen molar-refractivity contribution in [2.24, 2.45) is 0 Å². The van der Waals surface area contributed by atoms with Crippen LogP contribution in [0, 0.1) is 0 Å². The highest BCUT2D eigenvalue weighted by Gasteiger charge is 2.27. The van der Waals surface area contributed by atoms with Crippen molar-refractivity contribution in [2.45, 2.75) is 39.0 Å². The van der Waals surface area contributed by atoms with Gasteiger partial charge in [0.05, 0.1) is 0 Å². The smallest absolute Gasteiger partial charge is 0.127 e. The summed E-state index contributed by atoms with van der Waals surface area (Å²) in [6.45, 7) is 8.64. The largest absolute Gasteiger partial charge is 0.317 e. The van der Waals surface area contributed by atoms with Crippen LogP contribution >= 0.6 is 11.3 Å². The van der Waals surface area contributed by atoms with Crippen molar-refractivity contribution in [3.8, 4) is 0 Å². The molecule has 0 aliphatic rings. The molecule has 108 valence electrons. The Bertz CT molecular complexity index is 520. The van der Waals surface area contributed by atoms with Crippen LogP contribution in [0.5, 0.6) is 0 Å². The minimum atomic E-state index is -0.0706. The summed E-state index contributed by atoms with van der Waals surface area (Å²) in [6.07, 6.45) is 2.13. The lowest BCUT2D eigenvalue weighted by Crippen LogP contribution is -2.18. The minimum Gasteiger partial charge on any atom is -0.317 e. The number of hydrogen-bond acceptors (Lipinski definition) is 4. The summed E-state index contributed by atoms with van der Waals surface area (Å²) in [6, 6.07) is 10.5. The van der Waals surface area contributed by atoms with Gasteiger partial charge in [-0.3, -0.25) is 0 Å². The molecule has 1 heterocycles. The van der Waals surface area contributed by atoms with E-state index in [2.05, 4.69) is 60.6 Å². The Hall–Kier alpha value is -1.26. The van der Waals surface area contributed by atoms with E-state index < -0.39 is 0 Å². The Morgan fingerprint density at radius 3 is 2.60 bits per heavy atom. The van der Waals surface area contributed by atoms with Crippen molar-refractivity contribution >= 4 is 11.3 Å². The topological polar surface area (TPSA) is 37.8 Å². The van der Waals surface area contributed by atoms with Crippen LogP contribution in [-0.4, -0.2) is 23.3 Å². The molecule has 0 saturated carbocycles. The van der Waals surface area contributed by atoms with E-state index >= 15 is 0 Å². The third-order valence-electron chi connectivity index (χ3n) is 3.49. The van der Waals surface area contributed by atoms with E-state index in [1.165, 1.54) is 5.56 Å². The van der Waals surface area contributed by atoms with E-state index in [1.807, 2.05) is 6.07 Å². The third-order valence-corrected chi connectivity index (χ3v) is 4.80. The van der Waals surface area contributed by atoms with Gasteiger partial charge in [-0.25, -0.2) is 0 Å². The molecule has 1 aromatic heterocycles. The van der Waals surface area contributed by atoms with E-state index in [-0.39, 0.29) is 5.41 Å². The van der Waals surface area contributed by atoms with Crippen LogP contribution in [0.4, 0.5) is 0 Å². The Labute approximate surface area is 125 Å². The SMILES string of the molecule is CCNCCCc1nnc(C(C)(C)c2ccccc2)s1. The van der Waals surface area contributed by atoms with Crippen molar-refractivity contribution in [1.82, 2.24) is 15.5 Å². The van der Waals surface area contributed by atoms with Crippen LogP contribution in [0.3, 0.4) is 0 Å². The van der Waals surface area contributed by atoms with Gasteiger partial charge in [-0.1, -0.05) is 37.3 Å². The highest BCUT2D eigenvalue weighted by atomic mass is 32.1. The summed E-state index contributed by atoms with van der Waals surface area (Å²) >= 11 is 1.74. The van der Waals surface area contributed by atoms with Crippen molar-refractivity contribution < 1.29 is 0 Å². The predicted molar refractivity (Wildman–Crippen MR) is 85.3 cm³/mol. The van der Waals surface area contributed by atoms with Gasteiger partial charge in [-0.05, 0) is 38.9 Å². The molecule has 2 aromatic rings. The first-order valence-corrected chi connectivity index (χ1v) is 8.05. The molecule has 0 radical (unpaired) electrons. The molecular weight excluding hydrogens is 266 g/mol. The van der Waals surface area contributed by atoms with Crippen molar-refractivity contribution in [1.29, 1.82) is 0 Å². The Balaban J connectivity index is 2.04. The monoisotopic (exact) mass is 289 g/mol. The fraction of sp³-hybridized carbons (Fsp3) is 0.500. The first-order chi connectivity index (χ1) is 9.64. The molecule has 3 nitrogen and oxygen atoms in total. The van der Waals surface area contributed by atoms with Crippen molar-refractivity contribution in [3.63, 3.8) is 0 Å². The van der Waals surface area contributed by atoms with Crippen molar-refractivity contribution in [2.75, 3.05) is 13.1 Å². The van der Waals surface area contributed by atoms with Crippen LogP contribution in [0.2, 0.25) is 0 Å². The molecule has 4 heteroatoms. The summed E-state index contributed by atoms with van der Waals surface area (Å²) in [5, 5.41) is 14.3. The quantitative estimate of drug-likeness (QED) is 0.794. The standard InChI is InChI=1S/C16H23N3S/c1-4-17-12-8-11-14-18-19-15(20-14)16(2,3)13-9-6-5-7-10-13/h5-7,9-10,17H,4,8,11-12H2,1-3H3. The van der Waals surface area contributed by atoms with Crippen LogP contribution in [0.1, 0.15) is 42.8 Å². The van der Waals surface area contributed by atoms with Gasteiger partial charge in [0, 0.05) is 11.8 Å². The number of benzene rings is 1. The highest BCUT2D eigenvalue weighted by Crippen LogP contribution is 2.33. The Morgan fingerprint density at radius 2 is 1.90 bits per heavy atom. The van der Waals surface area contributed by atoms with Gasteiger partial charge < -0.3 is 5.32 Å². The van der Waals surface area contributed by atoms with Gasteiger partial charge in [0.1, 0.15) is 10.0 Å². The Morgan fingerprint density at radius 1 is 1.15 bits per heavy atom. The molecule has 1 aromatic carbocycles. The number of rotatable bonds is 7. The Kier molecular flexibility index (Phi) is 5.26. The van der Waals surface area contributed by atoms with Gasteiger partial charge in [0.15, 0.2) is 0 Å². The molecule has 0 amide bonds. The maximum Gasteiger partial charge on any atom is 0.127 e. The van der Waals surface area contributed by atoms with Crippen LogP contribution in [-0.2, 0) is 11.8 Å². The number of nitrogens with zero attached hydrogens (tertiary/aromatic N) is 2. The van der Waals surface area contributed by atoms with E-state index in [9.17, 15) is 0 Å². The number of nitrogens with one attached hydrogen (secondary N) is 1. The second-order valence-corrected chi connectivity index (χ2v) is 6.51. The number of aromatic nitrogens is 2. The van der Waals surface area contributed by atoms with E-state index in [0.717, 1.165) is 35.9 Å². The second-order valence-electron chi connectivity index (χ2n) is 5.45. The lowest BCUT2D eigenvalue weighted by Gasteiger charge is -2.21. The molecule has 2 rings (SSSR count). The fourth-order valence-electron chi connectivity index (χ4n) is 2.13. The molecule has 0 fully saturated rings. The first kappa shape index (κ1) is 15.1. The van der Waals surface area contributed by atoms with E-state index in [4.69, 9.17) is 0 Å². The van der Waals surface area contributed by atoms with Crippen LogP contribution in [0.25, 0.3) is 0 Å². The summed E-state index contributed by atoms with van der Waals surface area (Å²) in [7, 11) is 0. The molecule has 0 unspecified atom stereocenters. The molecule has 0 bridgehead atoms. The van der Waals surface area contributed by atoms with Gasteiger partial charge in [-0.15, -0.1) is 21.5 Å².